The Morgan fingerprint density at radius 2 is 1.94 bits per heavy atom. The topological polar surface area (TPSA) is 57.2 Å². The van der Waals surface area contributed by atoms with Crippen LogP contribution in [0.3, 0.4) is 0 Å². The van der Waals surface area contributed by atoms with Crippen molar-refractivity contribution in [3.05, 3.63) is 0 Å². The molecule has 0 bridgehead atoms. The van der Waals surface area contributed by atoms with Crippen LogP contribution in [0.5, 0.6) is 0 Å². The normalized spacial score (nSPS) is 47.8. The van der Waals surface area contributed by atoms with Crippen molar-refractivity contribution < 1.29 is 24.1 Å². The fraction of sp³-hybridized carbons (Fsp3) is 1.00. The summed E-state index contributed by atoms with van der Waals surface area (Å²) in [6, 6.07) is 0. The van der Waals surface area contributed by atoms with Gasteiger partial charge in [0.25, 0.3) is 0 Å². The molecule has 3 aliphatic rings. The third kappa shape index (κ3) is 2.30. The van der Waals surface area contributed by atoms with Crippen molar-refractivity contribution in [2.24, 2.45) is 0 Å². The highest BCUT2D eigenvalue weighted by molar-refractivity contribution is 4.94. The Hall–Kier alpha value is -0.200. The van der Waals surface area contributed by atoms with Gasteiger partial charge in [-0.15, -0.1) is 0 Å². The highest BCUT2D eigenvalue weighted by atomic mass is 16.8. The summed E-state index contributed by atoms with van der Waals surface area (Å²) in [7, 11) is 0. The van der Waals surface area contributed by atoms with Crippen LogP contribution in [0.15, 0.2) is 0 Å². The van der Waals surface area contributed by atoms with Gasteiger partial charge in [-0.2, -0.15) is 0 Å². The maximum Gasteiger partial charge on any atom is 0.171 e. The lowest BCUT2D eigenvalue weighted by Gasteiger charge is -2.52. The molecule has 0 saturated carbocycles. The number of ether oxygens (including phenoxy) is 4. The highest BCUT2D eigenvalue weighted by Crippen LogP contribution is 2.41. The average Bonchev–Trinajstić information content (AvgIpc) is 2.31. The fourth-order valence-corrected chi connectivity index (χ4v) is 3.08. The summed E-state index contributed by atoms with van der Waals surface area (Å²) in [6.07, 6.45) is 2.38. The van der Waals surface area contributed by atoms with Gasteiger partial charge < -0.3 is 24.1 Å². The lowest BCUT2D eigenvalue weighted by molar-refractivity contribution is -0.396. The molecule has 3 aliphatic heterocycles. The molecule has 3 saturated heterocycles. The number of hydrogen-bond acceptors (Lipinski definition) is 5. The molecule has 3 fully saturated rings. The second kappa shape index (κ2) is 4.42. The SMILES string of the molecule is CC1(C)OCC2O[C@]3(CCCCO3)C[C@@H](O)C2O1. The van der Waals surface area contributed by atoms with Gasteiger partial charge in [0.05, 0.1) is 19.3 Å². The number of fused-ring (bicyclic) bond motifs is 1. The van der Waals surface area contributed by atoms with Crippen LogP contribution in [0.4, 0.5) is 0 Å². The molecule has 4 atom stereocenters. The van der Waals surface area contributed by atoms with Gasteiger partial charge in [-0.05, 0) is 26.7 Å². The Morgan fingerprint density at radius 3 is 2.67 bits per heavy atom. The Morgan fingerprint density at radius 1 is 1.11 bits per heavy atom. The number of aliphatic hydroxyl groups excluding tert-OH is 1. The molecule has 0 aromatic rings. The van der Waals surface area contributed by atoms with E-state index >= 15 is 0 Å². The van der Waals surface area contributed by atoms with Gasteiger partial charge >= 0.3 is 0 Å². The summed E-state index contributed by atoms with van der Waals surface area (Å²) in [5.41, 5.74) is 0. The molecule has 0 aliphatic carbocycles. The second-order valence-electron chi connectivity index (χ2n) is 5.94. The van der Waals surface area contributed by atoms with Crippen LogP contribution in [0.1, 0.15) is 39.5 Å². The predicted octanol–water partition coefficient (Wildman–Crippen LogP) is 1.18. The van der Waals surface area contributed by atoms with Crippen LogP contribution < -0.4 is 0 Å². The first kappa shape index (κ1) is 12.8. The maximum absolute atomic E-state index is 10.3. The van der Waals surface area contributed by atoms with Gasteiger partial charge in [0, 0.05) is 12.8 Å². The minimum atomic E-state index is -0.649. The zero-order valence-electron chi connectivity index (χ0n) is 11.1. The van der Waals surface area contributed by atoms with Crippen LogP contribution in [0.2, 0.25) is 0 Å². The van der Waals surface area contributed by atoms with Gasteiger partial charge in [0.15, 0.2) is 11.6 Å². The van der Waals surface area contributed by atoms with Crippen LogP contribution in [-0.4, -0.2) is 48.2 Å². The lowest BCUT2D eigenvalue weighted by Crippen LogP contribution is -2.63. The molecule has 5 nitrogen and oxygen atoms in total. The summed E-state index contributed by atoms with van der Waals surface area (Å²) in [5.74, 6) is -1.27. The molecule has 1 spiro atoms. The summed E-state index contributed by atoms with van der Waals surface area (Å²) >= 11 is 0. The zero-order chi connectivity index (χ0) is 12.8. The van der Waals surface area contributed by atoms with Gasteiger partial charge in [-0.3, -0.25) is 0 Å². The third-order valence-electron chi connectivity index (χ3n) is 3.96. The first-order chi connectivity index (χ1) is 8.50. The van der Waals surface area contributed by atoms with E-state index in [9.17, 15) is 5.11 Å². The summed E-state index contributed by atoms with van der Waals surface area (Å²) < 4.78 is 23.2. The van der Waals surface area contributed by atoms with E-state index < -0.39 is 17.7 Å². The molecule has 0 radical (unpaired) electrons. The summed E-state index contributed by atoms with van der Waals surface area (Å²) in [5, 5.41) is 10.3. The van der Waals surface area contributed by atoms with Gasteiger partial charge in [0.1, 0.15) is 12.2 Å². The maximum atomic E-state index is 10.3. The number of hydrogen-bond donors (Lipinski definition) is 1. The Balaban J connectivity index is 1.74. The van der Waals surface area contributed by atoms with Crippen LogP contribution >= 0.6 is 0 Å². The predicted molar refractivity (Wildman–Crippen MR) is 62.9 cm³/mol. The minimum Gasteiger partial charge on any atom is -0.390 e. The largest absolute Gasteiger partial charge is 0.390 e. The van der Waals surface area contributed by atoms with E-state index in [0.29, 0.717) is 19.6 Å². The molecule has 0 amide bonds. The standard InChI is InChI=1S/C13H22O5/c1-12(2)16-8-10-11(18-12)9(14)7-13(17-10)5-3-4-6-15-13/h9-11,14H,3-8H2,1-2H3/t9-,10?,11?,13-/m1/s1. The van der Waals surface area contributed by atoms with Crippen LogP contribution in [-0.2, 0) is 18.9 Å². The van der Waals surface area contributed by atoms with E-state index in [1.165, 1.54) is 0 Å². The van der Waals surface area contributed by atoms with Crippen molar-refractivity contribution in [3.63, 3.8) is 0 Å². The summed E-state index contributed by atoms with van der Waals surface area (Å²) in [4.78, 5) is 0. The first-order valence-corrected chi connectivity index (χ1v) is 6.81. The molecule has 2 unspecified atom stereocenters. The quantitative estimate of drug-likeness (QED) is 0.707. The van der Waals surface area contributed by atoms with E-state index in [1.54, 1.807) is 0 Å². The Kier molecular flexibility index (Phi) is 3.15. The monoisotopic (exact) mass is 258 g/mol. The lowest BCUT2D eigenvalue weighted by atomic mass is 9.90. The average molecular weight is 258 g/mol. The molecule has 3 heterocycles. The third-order valence-corrected chi connectivity index (χ3v) is 3.96. The molecule has 1 N–H and O–H groups in total. The highest BCUT2D eigenvalue weighted by Gasteiger charge is 2.52. The molecule has 0 aromatic carbocycles. The number of rotatable bonds is 0. The number of aliphatic hydroxyl groups is 1. The smallest absolute Gasteiger partial charge is 0.171 e. The first-order valence-electron chi connectivity index (χ1n) is 6.81. The molecular formula is C13H22O5. The van der Waals surface area contributed by atoms with E-state index in [0.717, 1.165) is 19.3 Å². The van der Waals surface area contributed by atoms with E-state index in [-0.39, 0.29) is 12.2 Å². The Labute approximate surface area is 107 Å². The molecular weight excluding hydrogens is 236 g/mol. The molecule has 104 valence electrons. The van der Waals surface area contributed by atoms with E-state index in [2.05, 4.69) is 0 Å². The van der Waals surface area contributed by atoms with Crippen molar-refractivity contribution in [3.8, 4) is 0 Å². The van der Waals surface area contributed by atoms with Gasteiger partial charge in [-0.1, -0.05) is 0 Å². The van der Waals surface area contributed by atoms with Crippen LogP contribution in [0, 0.1) is 0 Å². The second-order valence-corrected chi connectivity index (χ2v) is 5.94. The van der Waals surface area contributed by atoms with Gasteiger partial charge in [0.2, 0.25) is 0 Å². The Bertz CT molecular complexity index is 311. The molecule has 0 aromatic heterocycles. The van der Waals surface area contributed by atoms with E-state index in [1.807, 2.05) is 13.8 Å². The van der Waals surface area contributed by atoms with Crippen molar-refractivity contribution in [2.75, 3.05) is 13.2 Å². The minimum absolute atomic E-state index is 0.236. The molecule has 3 rings (SSSR count). The molecule has 18 heavy (non-hydrogen) atoms. The van der Waals surface area contributed by atoms with Crippen molar-refractivity contribution in [1.82, 2.24) is 0 Å². The zero-order valence-corrected chi connectivity index (χ0v) is 11.1. The van der Waals surface area contributed by atoms with Crippen molar-refractivity contribution >= 4 is 0 Å². The summed E-state index contributed by atoms with van der Waals surface area (Å²) in [6.45, 7) is 4.87. The van der Waals surface area contributed by atoms with Crippen molar-refractivity contribution in [2.45, 2.75) is 69.4 Å². The van der Waals surface area contributed by atoms with E-state index in [4.69, 9.17) is 18.9 Å². The van der Waals surface area contributed by atoms with Gasteiger partial charge in [-0.25, -0.2) is 0 Å². The van der Waals surface area contributed by atoms with Crippen LogP contribution in [0.25, 0.3) is 0 Å². The fourth-order valence-electron chi connectivity index (χ4n) is 3.08. The van der Waals surface area contributed by atoms with Crippen molar-refractivity contribution in [1.29, 1.82) is 0 Å². The molecule has 5 heteroatoms.